The van der Waals surface area contributed by atoms with E-state index in [1.807, 2.05) is 48.5 Å². The Bertz CT molecular complexity index is 4820. The van der Waals surface area contributed by atoms with Crippen molar-refractivity contribution in [3.8, 4) is 91.4 Å². The standard InChI is InChI=1S/C73H42N8/c74-43-46-17-21-51(22-18-46)65-42-66(78-73(77-65)52-23-19-47(44-75)20-24-52)58-36-31-53(39-54(58)45-76)50-27-25-48(26-28-50)49-29-32-55(33-30-49)79-71-37-34-56(80-67-13-5-1-9-59(67)60-10-2-6-14-68(60)80)40-63(71)64-41-57(35-38-72(64)79)81-69-15-7-3-11-61(69)62-12-4-8-16-70(62)81/h1-42H. The van der Waals surface area contributed by atoms with Gasteiger partial charge in [-0.25, -0.2) is 9.97 Å². The number of hydrogen-bond acceptors (Lipinski definition) is 5. The first kappa shape index (κ1) is 46.7. The number of nitriles is 3. The molecule has 8 heteroatoms. The Morgan fingerprint density at radius 2 is 0.642 bits per heavy atom. The van der Waals surface area contributed by atoms with Crippen molar-refractivity contribution in [2.24, 2.45) is 0 Å². The van der Waals surface area contributed by atoms with Crippen molar-refractivity contribution in [2.75, 3.05) is 0 Å². The molecule has 0 spiro atoms. The van der Waals surface area contributed by atoms with Gasteiger partial charge in [-0.2, -0.15) is 15.8 Å². The van der Waals surface area contributed by atoms with E-state index in [4.69, 9.17) is 9.97 Å². The highest BCUT2D eigenvalue weighted by Crippen LogP contribution is 2.41. The first-order valence-electron chi connectivity index (χ1n) is 26.7. The van der Waals surface area contributed by atoms with Gasteiger partial charge in [0.1, 0.15) is 0 Å². The van der Waals surface area contributed by atoms with Gasteiger partial charge >= 0.3 is 0 Å². The van der Waals surface area contributed by atoms with Crippen molar-refractivity contribution < 1.29 is 0 Å². The predicted octanol–water partition coefficient (Wildman–Crippen LogP) is 17.7. The summed E-state index contributed by atoms with van der Waals surface area (Å²) in [6, 6.07) is 94.7. The Hall–Kier alpha value is -11.6. The SMILES string of the molecule is N#Cc1ccc(-c2cc(-c3ccc(-c4ccc(-c5ccc(-n6c7ccc(-n8c9ccccc9c9ccccc98)cc7c7cc(-n8c9ccccc9c9ccccc98)ccc76)cc5)cc4)cc3C#N)nc(-c3ccc(C#N)cc3)n2)cc1. The molecule has 0 radical (unpaired) electrons. The van der Waals surface area contributed by atoms with Gasteiger partial charge in [-0.15, -0.1) is 0 Å². The quantitative estimate of drug-likeness (QED) is 0.150. The average molecular weight is 1030 g/mol. The van der Waals surface area contributed by atoms with E-state index in [9.17, 15) is 15.8 Å². The molecule has 81 heavy (non-hydrogen) atoms. The summed E-state index contributed by atoms with van der Waals surface area (Å²) >= 11 is 0. The molecular formula is C73H42N8. The Kier molecular flexibility index (Phi) is 10.8. The molecule has 4 heterocycles. The monoisotopic (exact) mass is 1030 g/mol. The second-order valence-electron chi connectivity index (χ2n) is 20.3. The van der Waals surface area contributed by atoms with Gasteiger partial charge in [-0.05, 0) is 144 Å². The predicted molar refractivity (Wildman–Crippen MR) is 326 cm³/mol. The van der Waals surface area contributed by atoms with E-state index in [2.05, 4.69) is 214 Å². The van der Waals surface area contributed by atoms with Gasteiger partial charge in [0, 0.05) is 66.1 Å². The summed E-state index contributed by atoms with van der Waals surface area (Å²) in [5.74, 6) is 0.457. The van der Waals surface area contributed by atoms with Crippen LogP contribution in [0.3, 0.4) is 0 Å². The van der Waals surface area contributed by atoms with Gasteiger partial charge in [0.2, 0.25) is 0 Å². The maximum Gasteiger partial charge on any atom is 0.160 e. The van der Waals surface area contributed by atoms with Crippen molar-refractivity contribution in [3.63, 3.8) is 0 Å². The largest absolute Gasteiger partial charge is 0.309 e. The van der Waals surface area contributed by atoms with E-state index < -0.39 is 0 Å². The highest BCUT2D eigenvalue weighted by Gasteiger charge is 2.20. The van der Waals surface area contributed by atoms with Gasteiger partial charge in [0.25, 0.3) is 0 Å². The summed E-state index contributed by atoms with van der Waals surface area (Å²) in [6.07, 6.45) is 0. The van der Waals surface area contributed by atoms with Crippen molar-refractivity contribution in [1.82, 2.24) is 23.7 Å². The van der Waals surface area contributed by atoms with Crippen LogP contribution in [0.5, 0.6) is 0 Å². The molecule has 0 aliphatic rings. The minimum Gasteiger partial charge on any atom is -0.309 e. The Labute approximate surface area is 465 Å². The van der Waals surface area contributed by atoms with Crippen LogP contribution >= 0.6 is 0 Å². The third kappa shape index (κ3) is 7.73. The van der Waals surface area contributed by atoms with Gasteiger partial charge in [0.15, 0.2) is 5.82 Å². The molecule has 0 bridgehead atoms. The zero-order chi connectivity index (χ0) is 54.1. The third-order valence-corrected chi connectivity index (χ3v) is 15.8. The molecule has 15 aromatic rings. The fourth-order valence-corrected chi connectivity index (χ4v) is 11.9. The van der Waals surface area contributed by atoms with Crippen LogP contribution < -0.4 is 0 Å². The summed E-state index contributed by atoms with van der Waals surface area (Å²) in [7, 11) is 0. The van der Waals surface area contributed by atoms with E-state index in [1.54, 1.807) is 24.3 Å². The molecular weight excluding hydrogens is 989 g/mol. The normalized spacial score (nSPS) is 11.4. The topological polar surface area (TPSA) is 112 Å². The van der Waals surface area contributed by atoms with Crippen molar-refractivity contribution >= 4 is 65.4 Å². The Balaban J connectivity index is 0.790. The third-order valence-electron chi connectivity index (χ3n) is 15.8. The molecule has 0 saturated carbocycles. The van der Waals surface area contributed by atoms with Crippen LogP contribution in [0.2, 0.25) is 0 Å². The molecule has 11 aromatic carbocycles. The highest BCUT2D eigenvalue weighted by molar-refractivity contribution is 6.14. The average Bonchev–Trinajstić information content (AvgIpc) is 4.13. The Morgan fingerprint density at radius 3 is 1.11 bits per heavy atom. The summed E-state index contributed by atoms with van der Waals surface area (Å²) in [5, 5.41) is 36.8. The van der Waals surface area contributed by atoms with E-state index in [0.717, 1.165) is 72.2 Å². The fourth-order valence-electron chi connectivity index (χ4n) is 11.9. The van der Waals surface area contributed by atoms with Gasteiger partial charge in [0.05, 0.1) is 79.4 Å². The molecule has 0 N–H and O–H groups in total. The number of benzene rings is 11. The molecule has 0 fully saturated rings. The second kappa shape index (κ2) is 18.8. The molecule has 8 nitrogen and oxygen atoms in total. The lowest BCUT2D eigenvalue weighted by Gasteiger charge is -2.12. The van der Waals surface area contributed by atoms with Crippen LogP contribution in [-0.2, 0) is 0 Å². The first-order valence-corrected chi connectivity index (χ1v) is 26.7. The van der Waals surface area contributed by atoms with Gasteiger partial charge in [-0.3, -0.25) is 0 Å². The van der Waals surface area contributed by atoms with Gasteiger partial charge in [-0.1, -0.05) is 133 Å². The van der Waals surface area contributed by atoms with Crippen LogP contribution in [0.1, 0.15) is 16.7 Å². The van der Waals surface area contributed by atoms with E-state index >= 15 is 0 Å². The molecule has 0 atom stereocenters. The molecule has 0 saturated heterocycles. The Morgan fingerprint density at radius 1 is 0.272 bits per heavy atom. The number of aromatic nitrogens is 5. The summed E-state index contributed by atoms with van der Waals surface area (Å²) < 4.78 is 7.18. The summed E-state index contributed by atoms with van der Waals surface area (Å²) in [6.45, 7) is 0. The highest BCUT2D eigenvalue weighted by atomic mass is 15.0. The van der Waals surface area contributed by atoms with Crippen LogP contribution in [0.15, 0.2) is 255 Å². The van der Waals surface area contributed by atoms with Crippen molar-refractivity contribution in [1.29, 1.82) is 15.8 Å². The lowest BCUT2D eigenvalue weighted by molar-refractivity contribution is 1.16. The maximum absolute atomic E-state index is 10.6. The van der Waals surface area contributed by atoms with Crippen molar-refractivity contribution in [2.45, 2.75) is 0 Å². The van der Waals surface area contributed by atoms with Crippen LogP contribution in [-0.4, -0.2) is 23.7 Å². The molecule has 374 valence electrons. The molecule has 15 rings (SSSR count). The number of fused-ring (bicyclic) bond motifs is 9. The minimum atomic E-state index is 0.457. The first-order chi connectivity index (χ1) is 40.0. The van der Waals surface area contributed by atoms with Crippen molar-refractivity contribution in [3.05, 3.63) is 271 Å². The zero-order valence-corrected chi connectivity index (χ0v) is 43.3. The lowest BCUT2D eigenvalue weighted by atomic mass is 9.95. The van der Waals surface area contributed by atoms with Gasteiger partial charge < -0.3 is 13.7 Å². The van der Waals surface area contributed by atoms with Crippen LogP contribution in [0.4, 0.5) is 0 Å². The zero-order valence-electron chi connectivity index (χ0n) is 43.3. The number of nitrogens with zero attached hydrogens (tertiary/aromatic N) is 8. The van der Waals surface area contributed by atoms with E-state index in [-0.39, 0.29) is 0 Å². The lowest BCUT2D eigenvalue weighted by Crippen LogP contribution is -1.97. The number of rotatable bonds is 8. The second-order valence-corrected chi connectivity index (χ2v) is 20.3. The van der Waals surface area contributed by atoms with Crippen LogP contribution in [0, 0.1) is 34.0 Å². The van der Waals surface area contributed by atoms with E-state index in [1.165, 1.54) is 43.6 Å². The summed E-state index contributed by atoms with van der Waals surface area (Å²) in [5.41, 5.74) is 19.2. The molecule has 0 aliphatic carbocycles. The summed E-state index contributed by atoms with van der Waals surface area (Å²) in [4.78, 5) is 9.85. The molecule has 0 unspecified atom stereocenters. The minimum absolute atomic E-state index is 0.457. The molecule has 4 aromatic heterocycles. The fraction of sp³-hybridized carbons (Fsp3) is 0. The molecule has 0 aliphatic heterocycles. The molecule has 0 amide bonds. The van der Waals surface area contributed by atoms with E-state index in [0.29, 0.717) is 39.5 Å². The number of hydrogen-bond donors (Lipinski definition) is 0. The number of para-hydroxylation sites is 4. The van der Waals surface area contributed by atoms with Crippen LogP contribution in [0.25, 0.3) is 139 Å². The maximum atomic E-state index is 10.6. The smallest absolute Gasteiger partial charge is 0.160 e.